The molecule has 0 saturated heterocycles. The molecule has 0 aliphatic heterocycles. The molecule has 3 aromatic rings. The summed E-state index contributed by atoms with van der Waals surface area (Å²) in [5.41, 5.74) is 15.9. The van der Waals surface area contributed by atoms with E-state index in [9.17, 15) is 4.79 Å². The van der Waals surface area contributed by atoms with Gasteiger partial charge < -0.3 is 16.5 Å². The van der Waals surface area contributed by atoms with Gasteiger partial charge in [-0.25, -0.2) is 4.98 Å². The molecule has 1 amide bonds. The topological polar surface area (TPSA) is 122 Å². The number of nitrogens with two attached hydrogens (primary N) is 2. The van der Waals surface area contributed by atoms with Crippen LogP contribution in [0.3, 0.4) is 0 Å². The predicted molar refractivity (Wildman–Crippen MR) is 115 cm³/mol. The Kier molecular flexibility index (Phi) is 4.86. The van der Waals surface area contributed by atoms with Crippen molar-refractivity contribution in [3.63, 3.8) is 0 Å². The summed E-state index contributed by atoms with van der Waals surface area (Å²) < 4.78 is 0. The minimum absolute atomic E-state index is 0.197. The molecule has 1 aliphatic rings. The third-order valence-corrected chi connectivity index (χ3v) is 5.44. The Hall–Kier alpha value is -3.51. The third kappa shape index (κ3) is 3.75. The Morgan fingerprint density at radius 1 is 1.07 bits per heavy atom. The quantitative estimate of drug-likeness (QED) is 0.485. The number of aromatic amines is 1. The fraction of sp³-hybridized carbons (Fsp3) is 0.174. The fourth-order valence-electron chi connectivity index (χ4n) is 3.54. The van der Waals surface area contributed by atoms with Crippen LogP contribution in [-0.2, 0) is 10.3 Å². The summed E-state index contributed by atoms with van der Waals surface area (Å²) in [5.74, 6) is -0.234. The molecule has 4 rings (SSSR count). The van der Waals surface area contributed by atoms with Crippen LogP contribution in [0, 0.1) is 5.41 Å². The zero-order chi connectivity index (χ0) is 20.4. The van der Waals surface area contributed by atoms with Crippen molar-refractivity contribution in [3.05, 3.63) is 72.1 Å². The van der Waals surface area contributed by atoms with E-state index in [0.717, 1.165) is 40.9 Å². The zero-order valence-corrected chi connectivity index (χ0v) is 16.0. The van der Waals surface area contributed by atoms with Crippen LogP contribution in [0.5, 0.6) is 0 Å². The molecule has 6 heteroatoms. The molecular formula is C23H23N5O. The number of hydrogen-bond donors (Lipinski definition) is 4. The Balaban J connectivity index is 1.73. The predicted octanol–water partition coefficient (Wildman–Crippen LogP) is 3.60. The lowest BCUT2D eigenvalue weighted by molar-refractivity contribution is -0.111. The number of imidazole rings is 1. The highest BCUT2D eigenvalue weighted by Crippen LogP contribution is 2.39. The average molecular weight is 385 g/mol. The van der Waals surface area contributed by atoms with Crippen molar-refractivity contribution in [2.75, 3.05) is 0 Å². The van der Waals surface area contributed by atoms with Gasteiger partial charge in [0.1, 0.15) is 11.5 Å². The molecule has 6 nitrogen and oxygen atoms in total. The Labute approximate surface area is 169 Å². The van der Waals surface area contributed by atoms with E-state index in [1.807, 2.05) is 30.3 Å². The molecule has 0 spiro atoms. The number of benzene rings is 2. The maximum atomic E-state index is 11.1. The molecule has 146 valence electrons. The number of primary amides is 1. The molecule has 1 aliphatic carbocycles. The van der Waals surface area contributed by atoms with Gasteiger partial charge in [0, 0.05) is 16.7 Å². The van der Waals surface area contributed by atoms with Crippen LogP contribution in [0.1, 0.15) is 30.7 Å². The lowest BCUT2D eigenvalue weighted by Crippen LogP contribution is -2.43. The number of carbonyl (C=O) groups is 1. The van der Waals surface area contributed by atoms with Gasteiger partial charge in [0.25, 0.3) is 5.91 Å². The van der Waals surface area contributed by atoms with E-state index in [0.29, 0.717) is 5.82 Å². The van der Waals surface area contributed by atoms with E-state index in [4.69, 9.17) is 16.9 Å². The van der Waals surface area contributed by atoms with Crippen molar-refractivity contribution in [2.45, 2.75) is 24.8 Å². The highest BCUT2D eigenvalue weighted by Gasteiger charge is 2.34. The largest absolute Gasteiger partial charge is 0.364 e. The van der Waals surface area contributed by atoms with E-state index in [-0.39, 0.29) is 11.3 Å². The minimum Gasteiger partial charge on any atom is -0.364 e. The van der Waals surface area contributed by atoms with E-state index in [1.165, 1.54) is 12.5 Å². The summed E-state index contributed by atoms with van der Waals surface area (Å²) >= 11 is 0. The summed E-state index contributed by atoms with van der Waals surface area (Å²) in [4.78, 5) is 19.1. The first-order valence-electron chi connectivity index (χ1n) is 9.58. The third-order valence-electron chi connectivity index (χ3n) is 5.44. The van der Waals surface area contributed by atoms with Crippen LogP contribution in [0.25, 0.3) is 28.6 Å². The van der Waals surface area contributed by atoms with E-state index in [2.05, 4.69) is 34.2 Å². The van der Waals surface area contributed by atoms with Crippen molar-refractivity contribution in [1.82, 2.24) is 9.97 Å². The van der Waals surface area contributed by atoms with Gasteiger partial charge in [-0.05, 0) is 37.0 Å². The first-order chi connectivity index (χ1) is 14.0. The van der Waals surface area contributed by atoms with Crippen molar-refractivity contribution in [1.29, 1.82) is 5.41 Å². The average Bonchev–Trinajstić information content (AvgIpc) is 3.15. The van der Waals surface area contributed by atoms with Crippen molar-refractivity contribution in [2.24, 2.45) is 11.5 Å². The Morgan fingerprint density at radius 3 is 2.34 bits per heavy atom. The molecule has 0 radical (unpaired) electrons. The normalized spacial score (nSPS) is 15.2. The number of H-pyrrole nitrogens is 1. The van der Waals surface area contributed by atoms with Crippen LogP contribution in [0.2, 0.25) is 0 Å². The number of aromatic nitrogens is 2. The number of nitrogens with one attached hydrogen (secondary N) is 2. The summed E-state index contributed by atoms with van der Waals surface area (Å²) in [5, 5.41) is 7.57. The van der Waals surface area contributed by atoms with E-state index in [1.54, 1.807) is 6.08 Å². The van der Waals surface area contributed by atoms with Gasteiger partial charge in [0.05, 0.1) is 11.4 Å². The minimum atomic E-state index is -0.779. The van der Waals surface area contributed by atoms with Gasteiger partial charge in [-0.2, -0.15) is 0 Å². The van der Waals surface area contributed by atoms with Crippen molar-refractivity contribution >= 4 is 17.7 Å². The molecule has 0 unspecified atom stereocenters. The second kappa shape index (κ2) is 7.48. The summed E-state index contributed by atoms with van der Waals surface area (Å²) in [6.07, 6.45) is 6.14. The van der Waals surface area contributed by atoms with Gasteiger partial charge >= 0.3 is 0 Å². The Bertz CT molecular complexity index is 1080. The number of rotatable bonds is 6. The van der Waals surface area contributed by atoms with Crippen molar-refractivity contribution < 1.29 is 4.79 Å². The number of hydrogen-bond acceptors (Lipinski definition) is 4. The van der Waals surface area contributed by atoms with Gasteiger partial charge in [-0.1, -0.05) is 54.6 Å². The standard InChI is InChI=1S/C23H23N5O/c24-18(22(25)29)11-12-19-27-20(15-5-2-1-3-6-15)21(28-19)16-7-9-17(10-8-16)23(26)13-4-14-23/h1-3,5-12,24H,4,13-14,26H2,(H2,25,29)(H,27,28)/b12-11-,24-18?. The van der Waals surface area contributed by atoms with Crippen LogP contribution >= 0.6 is 0 Å². The monoisotopic (exact) mass is 385 g/mol. The molecule has 1 heterocycles. The highest BCUT2D eigenvalue weighted by molar-refractivity contribution is 6.42. The Morgan fingerprint density at radius 2 is 1.76 bits per heavy atom. The molecule has 6 N–H and O–H groups in total. The van der Waals surface area contributed by atoms with E-state index >= 15 is 0 Å². The zero-order valence-electron chi connectivity index (χ0n) is 16.0. The molecule has 0 bridgehead atoms. The molecule has 1 saturated carbocycles. The number of amides is 1. The molecule has 0 atom stereocenters. The van der Waals surface area contributed by atoms with Crippen molar-refractivity contribution in [3.8, 4) is 22.5 Å². The van der Waals surface area contributed by atoms with Crippen LogP contribution in [0.4, 0.5) is 0 Å². The van der Waals surface area contributed by atoms with Gasteiger partial charge in [-0.15, -0.1) is 0 Å². The summed E-state index contributed by atoms with van der Waals surface area (Å²) in [7, 11) is 0. The molecular weight excluding hydrogens is 362 g/mol. The number of carbonyl (C=O) groups excluding carboxylic acids is 1. The van der Waals surface area contributed by atoms with Gasteiger partial charge in [-0.3, -0.25) is 10.2 Å². The van der Waals surface area contributed by atoms with Crippen LogP contribution in [0.15, 0.2) is 60.7 Å². The molecule has 1 fully saturated rings. The number of nitrogens with zero attached hydrogens (tertiary/aromatic N) is 1. The van der Waals surface area contributed by atoms with E-state index < -0.39 is 5.91 Å². The molecule has 1 aromatic heterocycles. The fourth-order valence-corrected chi connectivity index (χ4v) is 3.54. The summed E-state index contributed by atoms with van der Waals surface area (Å²) in [6.45, 7) is 0. The van der Waals surface area contributed by atoms with Crippen LogP contribution < -0.4 is 11.5 Å². The maximum Gasteiger partial charge on any atom is 0.266 e. The molecule has 2 aromatic carbocycles. The summed E-state index contributed by atoms with van der Waals surface area (Å²) in [6, 6.07) is 18.2. The lowest BCUT2D eigenvalue weighted by atomic mass is 9.72. The van der Waals surface area contributed by atoms with Gasteiger partial charge in [0.15, 0.2) is 0 Å². The smallest absolute Gasteiger partial charge is 0.266 e. The second-order valence-corrected chi connectivity index (χ2v) is 7.41. The molecule has 29 heavy (non-hydrogen) atoms. The first-order valence-corrected chi connectivity index (χ1v) is 9.58. The van der Waals surface area contributed by atoms with Gasteiger partial charge in [0.2, 0.25) is 0 Å². The first kappa shape index (κ1) is 18.8. The second-order valence-electron chi connectivity index (χ2n) is 7.41. The SMILES string of the molecule is N=C(/C=C\c1nc(-c2ccccc2)c(-c2ccc(C3(N)CCC3)cc2)[nH]1)C(N)=O. The van der Waals surface area contributed by atoms with Crippen LogP contribution in [-0.4, -0.2) is 21.6 Å². The maximum absolute atomic E-state index is 11.1. The highest BCUT2D eigenvalue weighted by atomic mass is 16.1. The lowest BCUT2D eigenvalue weighted by Gasteiger charge is -2.38.